The van der Waals surface area contributed by atoms with Gasteiger partial charge in [-0.25, -0.2) is 0 Å². The summed E-state index contributed by atoms with van der Waals surface area (Å²) < 4.78 is 0. The Morgan fingerprint density at radius 3 is 2.76 bits per heavy atom. The van der Waals surface area contributed by atoms with Crippen molar-refractivity contribution in [3.63, 3.8) is 0 Å². The van der Waals surface area contributed by atoms with Gasteiger partial charge in [0.15, 0.2) is 5.11 Å². The molecule has 0 amide bonds. The molecule has 1 aliphatic rings. The summed E-state index contributed by atoms with van der Waals surface area (Å²) in [6, 6.07) is 10.7. The Morgan fingerprint density at radius 1 is 1.36 bits per heavy atom. The second kappa shape index (κ2) is 10.00. The number of nitrogens with one attached hydrogen (secondary N) is 2. The van der Waals surface area contributed by atoms with Crippen molar-refractivity contribution >= 4 is 29.2 Å². The van der Waals surface area contributed by atoms with E-state index in [2.05, 4.69) is 33.7 Å². The van der Waals surface area contributed by atoms with Gasteiger partial charge in [-0.3, -0.25) is 5.43 Å². The molecule has 1 aromatic rings. The molecule has 6 heteroatoms. The molecule has 2 rings (SSSR count). The first-order valence-electron chi connectivity index (χ1n) is 8.88. The van der Waals surface area contributed by atoms with Crippen LogP contribution in [0.2, 0.25) is 0 Å². The predicted octanol–water partition coefficient (Wildman–Crippen LogP) is 3.41. The average molecular weight is 358 g/mol. The van der Waals surface area contributed by atoms with Crippen molar-refractivity contribution in [2.24, 2.45) is 11.0 Å². The SMILES string of the molecule is C[C@@H]1CCCC[C@@H]1NC(=S)N/N=C\c1ccc(N(C)CCC#N)cc1. The van der Waals surface area contributed by atoms with Crippen LogP contribution in [0.5, 0.6) is 0 Å². The molecule has 2 N–H and O–H groups in total. The largest absolute Gasteiger partial charge is 0.374 e. The number of hydrogen-bond acceptors (Lipinski definition) is 4. The topological polar surface area (TPSA) is 63.5 Å². The van der Waals surface area contributed by atoms with Crippen molar-refractivity contribution in [1.82, 2.24) is 10.7 Å². The van der Waals surface area contributed by atoms with Crippen LogP contribution in [0, 0.1) is 17.2 Å². The van der Waals surface area contributed by atoms with Crippen molar-refractivity contribution in [2.45, 2.75) is 45.1 Å². The standard InChI is InChI=1S/C19H27N5S/c1-15-6-3-4-7-18(15)22-19(25)23-21-14-16-8-10-17(11-9-16)24(2)13-5-12-20/h8-11,14-15,18H,3-7,13H2,1-2H3,(H2,22,23,25)/b21-14-/t15-,18+/m1/s1. The van der Waals surface area contributed by atoms with E-state index in [-0.39, 0.29) is 0 Å². The van der Waals surface area contributed by atoms with E-state index in [4.69, 9.17) is 17.5 Å². The van der Waals surface area contributed by atoms with Crippen molar-refractivity contribution in [1.29, 1.82) is 5.26 Å². The number of nitrogens with zero attached hydrogens (tertiary/aromatic N) is 3. The third kappa shape index (κ3) is 6.35. The first kappa shape index (κ1) is 19.2. The van der Waals surface area contributed by atoms with Gasteiger partial charge >= 0.3 is 0 Å². The quantitative estimate of drug-likeness (QED) is 0.464. The van der Waals surface area contributed by atoms with Gasteiger partial charge in [0.05, 0.1) is 18.7 Å². The van der Waals surface area contributed by atoms with Crippen LogP contribution in [0.25, 0.3) is 0 Å². The van der Waals surface area contributed by atoms with Gasteiger partial charge in [-0.15, -0.1) is 0 Å². The minimum absolute atomic E-state index is 0.451. The summed E-state index contributed by atoms with van der Waals surface area (Å²) in [6.07, 6.45) is 7.31. The lowest BCUT2D eigenvalue weighted by Gasteiger charge is -2.30. The number of anilines is 1. The molecule has 0 bridgehead atoms. The summed E-state index contributed by atoms with van der Waals surface area (Å²) in [5.74, 6) is 0.656. The Hall–Kier alpha value is -2.13. The summed E-state index contributed by atoms with van der Waals surface area (Å²) in [5, 5.41) is 16.8. The molecule has 2 atom stereocenters. The van der Waals surface area contributed by atoms with Crippen LogP contribution in [-0.2, 0) is 0 Å². The van der Waals surface area contributed by atoms with E-state index in [1.807, 2.05) is 31.3 Å². The summed E-state index contributed by atoms with van der Waals surface area (Å²) in [7, 11) is 1.98. The number of hydrazone groups is 1. The first-order valence-corrected chi connectivity index (χ1v) is 9.28. The first-order chi connectivity index (χ1) is 12.1. The van der Waals surface area contributed by atoms with Crippen molar-refractivity contribution in [3.8, 4) is 6.07 Å². The van der Waals surface area contributed by atoms with E-state index in [0.29, 0.717) is 23.5 Å². The smallest absolute Gasteiger partial charge is 0.187 e. The summed E-state index contributed by atoms with van der Waals surface area (Å²) in [5.41, 5.74) is 4.99. The summed E-state index contributed by atoms with van der Waals surface area (Å²) in [4.78, 5) is 2.06. The molecule has 0 aliphatic heterocycles. The molecular formula is C19H27N5S. The lowest BCUT2D eigenvalue weighted by Crippen LogP contribution is -2.44. The maximum absolute atomic E-state index is 8.65. The van der Waals surface area contributed by atoms with Crippen molar-refractivity contribution in [2.75, 3.05) is 18.5 Å². The fraction of sp³-hybridized carbons (Fsp3) is 0.526. The number of benzene rings is 1. The Balaban J connectivity index is 1.79. The van der Waals surface area contributed by atoms with Crippen LogP contribution in [-0.4, -0.2) is 31.0 Å². The molecule has 0 aromatic heterocycles. The molecule has 0 radical (unpaired) electrons. The van der Waals surface area contributed by atoms with Crippen molar-refractivity contribution < 1.29 is 0 Å². The zero-order valence-corrected chi connectivity index (χ0v) is 15.9. The minimum Gasteiger partial charge on any atom is -0.374 e. The normalized spacial score (nSPS) is 20.0. The molecule has 1 saturated carbocycles. The van der Waals surface area contributed by atoms with Crippen LogP contribution in [0.1, 0.15) is 44.6 Å². The minimum atomic E-state index is 0.451. The van der Waals surface area contributed by atoms with E-state index in [9.17, 15) is 0 Å². The number of rotatable bonds is 6. The second-order valence-corrected chi connectivity index (χ2v) is 7.04. The molecule has 0 saturated heterocycles. The van der Waals surface area contributed by atoms with Gasteiger partial charge < -0.3 is 10.2 Å². The Kier molecular flexibility index (Phi) is 7.68. The molecule has 1 aromatic carbocycles. The highest BCUT2D eigenvalue weighted by Crippen LogP contribution is 2.23. The molecule has 1 fully saturated rings. The van der Waals surface area contributed by atoms with Gasteiger partial charge in [-0.05, 0) is 48.7 Å². The molecule has 5 nitrogen and oxygen atoms in total. The van der Waals surface area contributed by atoms with Gasteiger partial charge in [0.2, 0.25) is 0 Å². The maximum Gasteiger partial charge on any atom is 0.187 e. The van der Waals surface area contributed by atoms with Crippen LogP contribution in [0.4, 0.5) is 5.69 Å². The fourth-order valence-electron chi connectivity index (χ4n) is 3.06. The second-order valence-electron chi connectivity index (χ2n) is 6.63. The highest BCUT2D eigenvalue weighted by molar-refractivity contribution is 7.80. The highest BCUT2D eigenvalue weighted by Gasteiger charge is 2.21. The van der Waals surface area contributed by atoms with Crippen LogP contribution in [0.15, 0.2) is 29.4 Å². The zero-order chi connectivity index (χ0) is 18.1. The van der Waals surface area contributed by atoms with Crippen LogP contribution in [0.3, 0.4) is 0 Å². The van der Waals surface area contributed by atoms with E-state index in [1.165, 1.54) is 25.7 Å². The molecule has 0 unspecified atom stereocenters. The molecular weight excluding hydrogens is 330 g/mol. The number of hydrogen-bond donors (Lipinski definition) is 2. The van der Waals surface area contributed by atoms with Gasteiger partial charge in [0.25, 0.3) is 0 Å². The maximum atomic E-state index is 8.65. The summed E-state index contributed by atoms with van der Waals surface area (Å²) in [6.45, 7) is 3.00. The lowest BCUT2D eigenvalue weighted by atomic mass is 9.86. The highest BCUT2D eigenvalue weighted by atomic mass is 32.1. The van der Waals surface area contributed by atoms with Gasteiger partial charge in [0.1, 0.15) is 0 Å². The van der Waals surface area contributed by atoms with Gasteiger partial charge in [-0.1, -0.05) is 31.9 Å². The average Bonchev–Trinajstić information content (AvgIpc) is 2.62. The molecule has 1 aliphatic carbocycles. The third-order valence-electron chi connectivity index (χ3n) is 4.70. The Labute approximate surface area is 156 Å². The Morgan fingerprint density at radius 2 is 2.08 bits per heavy atom. The van der Waals surface area contributed by atoms with E-state index >= 15 is 0 Å². The molecule has 25 heavy (non-hydrogen) atoms. The zero-order valence-electron chi connectivity index (χ0n) is 15.0. The van der Waals surface area contributed by atoms with Crippen molar-refractivity contribution in [3.05, 3.63) is 29.8 Å². The monoisotopic (exact) mass is 357 g/mol. The summed E-state index contributed by atoms with van der Waals surface area (Å²) >= 11 is 5.33. The van der Waals surface area contributed by atoms with E-state index < -0.39 is 0 Å². The van der Waals surface area contributed by atoms with E-state index in [0.717, 1.165) is 17.8 Å². The molecule has 0 spiro atoms. The number of nitriles is 1. The van der Waals surface area contributed by atoms with Gasteiger partial charge in [-0.2, -0.15) is 10.4 Å². The third-order valence-corrected chi connectivity index (χ3v) is 4.91. The number of thiocarbonyl (C=S) groups is 1. The predicted molar refractivity (Wildman–Crippen MR) is 108 cm³/mol. The molecule has 134 valence electrons. The van der Waals surface area contributed by atoms with Crippen LogP contribution >= 0.6 is 12.2 Å². The van der Waals surface area contributed by atoms with Crippen LogP contribution < -0.4 is 15.6 Å². The molecule has 0 heterocycles. The van der Waals surface area contributed by atoms with Gasteiger partial charge in [0, 0.05) is 25.3 Å². The Bertz CT molecular complexity index is 620. The lowest BCUT2D eigenvalue weighted by molar-refractivity contribution is 0.308. The fourth-order valence-corrected chi connectivity index (χ4v) is 3.26. The van der Waals surface area contributed by atoms with E-state index in [1.54, 1.807) is 6.21 Å².